The average Bonchev–Trinajstić information content (AvgIpc) is 2.24. The van der Waals surface area contributed by atoms with Gasteiger partial charge in [0, 0.05) is 18.8 Å². The first-order chi connectivity index (χ1) is 8.39. The van der Waals surface area contributed by atoms with Crippen molar-refractivity contribution in [2.75, 3.05) is 13.1 Å². The smallest absolute Gasteiger partial charge is 0.240 e. The van der Waals surface area contributed by atoms with E-state index in [0.29, 0.717) is 24.1 Å². The van der Waals surface area contributed by atoms with Crippen LogP contribution >= 0.6 is 11.6 Å². The molecule has 1 saturated heterocycles. The molecule has 1 fully saturated rings. The quantitative estimate of drug-likeness (QED) is 0.818. The van der Waals surface area contributed by atoms with Crippen LogP contribution < -0.4 is 5.32 Å². The predicted octanol–water partition coefficient (Wildman–Crippen LogP) is 1.15. The van der Waals surface area contributed by atoms with Crippen LogP contribution in [0.15, 0.2) is 6.07 Å². The van der Waals surface area contributed by atoms with Crippen LogP contribution in [0.5, 0.6) is 0 Å². The molecule has 1 aromatic rings. The van der Waals surface area contributed by atoms with Crippen molar-refractivity contribution >= 4 is 17.5 Å². The molecule has 0 bridgehead atoms. The first-order valence-electron chi connectivity index (χ1n) is 5.93. The summed E-state index contributed by atoms with van der Waals surface area (Å²) in [5, 5.41) is 3.30. The summed E-state index contributed by atoms with van der Waals surface area (Å²) in [6.45, 7) is 7.65. The molecule has 0 aromatic carbocycles. The molecule has 5 nitrogen and oxygen atoms in total. The van der Waals surface area contributed by atoms with Gasteiger partial charge in [-0.3, -0.25) is 9.69 Å². The average molecular weight is 269 g/mol. The first kappa shape index (κ1) is 13.2. The summed E-state index contributed by atoms with van der Waals surface area (Å²) in [4.78, 5) is 22.4. The fourth-order valence-corrected chi connectivity index (χ4v) is 2.31. The van der Waals surface area contributed by atoms with Gasteiger partial charge in [0.2, 0.25) is 5.91 Å². The van der Waals surface area contributed by atoms with Crippen molar-refractivity contribution in [3.63, 3.8) is 0 Å². The second kappa shape index (κ2) is 4.82. The Morgan fingerprint density at radius 1 is 1.50 bits per heavy atom. The largest absolute Gasteiger partial charge is 0.353 e. The number of amides is 1. The molecule has 98 valence electrons. The number of carbonyl (C=O) groups is 1. The molecule has 0 atom stereocenters. The monoisotopic (exact) mass is 268 g/mol. The first-order valence-corrected chi connectivity index (χ1v) is 6.31. The normalized spacial score (nSPS) is 19.7. The van der Waals surface area contributed by atoms with Crippen molar-refractivity contribution in [3.05, 3.63) is 22.7 Å². The van der Waals surface area contributed by atoms with E-state index in [4.69, 9.17) is 11.6 Å². The molecule has 6 heteroatoms. The van der Waals surface area contributed by atoms with Gasteiger partial charge in [0.15, 0.2) is 0 Å². The third kappa shape index (κ3) is 2.62. The summed E-state index contributed by atoms with van der Waals surface area (Å²) in [7, 11) is 0. The van der Waals surface area contributed by atoms with Gasteiger partial charge in [-0.2, -0.15) is 0 Å². The van der Waals surface area contributed by atoms with Gasteiger partial charge in [-0.1, -0.05) is 11.6 Å². The van der Waals surface area contributed by atoms with E-state index in [0.717, 1.165) is 12.2 Å². The highest BCUT2D eigenvalue weighted by molar-refractivity contribution is 6.29. The number of aryl methyl sites for hydroxylation is 1. The number of hydrogen-bond donors (Lipinski definition) is 1. The fraction of sp³-hybridized carbons (Fsp3) is 0.583. The van der Waals surface area contributed by atoms with Crippen LogP contribution in [0.25, 0.3) is 0 Å². The SMILES string of the molecule is Cc1cc(Cl)nc(CN2CCNC(=O)C2(C)C)n1. The van der Waals surface area contributed by atoms with Gasteiger partial charge >= 0.3 is 0 Å². The number of piperazine rings is 1. The van der Waals surface area contributed by atoms with Crippen LogP contribution in [0.4, 0.5) is 0 Å². The lowest BCUT2D eigenvalue weighted by Crippen LogP contribution is -2.61. The molecule has 2 rings (SSSR count). The summed E-state index contributed by atoms with van der Waals surface area (Å²) < 4.78 is 0. The van der Waals surface area contributed by atoms with Crippen LogP contribution in [0.2, 0.25) is 5.15 Å². The van der Waals surface area contributed by atoms with Crippen LogP contribution in [0.3, 0.4) is 0 Å². The van der Waals surface area contributed by atoms with Gasteiger partial charge in [-0.05, 0) is 26.8 Å². The molecular formula is C12H17ClN4O. The minimum Gasteiger partial charge on any atom is -0.353 e. The van der Waals surface area contributed by atoms with Gasteiger partial charge in [-0.25, -0.2) is 9.97 Å². The highest BCUT2D eigenvalue weighted by Gasteiger charge is 2.37. The van der Waals surface area contributed by atoms with Gasteiger partial charge in [0.25, 0.3) is 0 Å². The Kier molecular flexibility index (Phi) is 3.54. The number of nitrogens with zero attached hydrogens (tertiary/aromatic N) is 3. The minimum atomic E-state index is -0.544. The van der Waals surface area contributed by atoms with Crippen LogP contribution in [-0.2, 0) is 11.3 Å². The number of nitrogens with one attached hydrogen (secondary N) is 1. The third-order valence-electron chi connectivity index (χ3n) is 3.22. The standard InChI is InChI=1S/C12H17ClN4O/c1-8-6-9(13)16-10(15-8)7-17-5-4-14-11(18)12(17,2)3/h6H,4-5,7H2,1-3H3,(H,14,18). The highest BCUT2D eigenvalue weighted by atomic mass is 35.5. The number of aromatic nitrogens is 2. The lowest BCUT2D eigenvalue weighted by atomic mass is 9.99. The zero-order valence-corrected chi connectivity index (χ0v) is 11.6. The summed E-state index contributed by atoms with van der Waals surface area (Å²) in [6, 6.07) is 1.72. The zero-order valence-electron chi connectivity index (χ0n) is 10.8. The number of halogens is 1. The lowest BCUT2D eigenvalue weighted by Gasteiger charge is -2.40. The Morgan fingerprint density at radius 2 is 2.22 bits per heavy atom. The van der Waals surface area contributed by atoms with Crippen molar-refractivity contribution in [2.45, 2.75) is 32.9 Å². The third-order valence-corrected chi connectivity index (χ3v) is 3.41. The molecule has 1 amide bonds. The molecule has 0 aliphatic carbocycles. The molecule has 0 spiro atoms. The second-order valence-electron chi connectivity index (χ2n) is 4.98. The topological polar surface area (TPSA) is 58.1 Å². The van der Waals surface area contributed by atoms with E-state index >= 15 is 0 Å². The Bertz CT molecular complexity index is 455. The Morgan fingerprint density at radius 3 is 2.89 bits per heavy atom. The van der Waals surface area contributed by atoms with Gasteiger partial charge in [0.1, 0.15) is 11.0 Å². The summed E-state index contributed by atoms with van der Waals surface area (Å²) >= 11 is 5.92. The highest BCUT2D eigenvalue weighted by Crippen LogP contribution is 2.20. The van der Waals surface area contributed by atoms with Crippen LogP contribution in [0.1, 0.15) is 25.4 Å². The van der Waals surface area contributed by atoms with Gasteiger partial charge < -0.3 is 5.32 Å². The Labute approximate surface area is 112 Å². The molecule has 18 heavy (non-hydrogen) atoms. The molecule has 1 aliphatic rings. The van der Waals surface area contributed by atoms with Crippen molar-refractivity contribution in [3.8, 4) is 0 Å². The second-order valence-corrected chi connectivity index (χ2v) is 5.37. The van der Waals surface area contributed by atoms with Crippen LogP contribution in [-0.4, -0.2) is 39.4 Å². The minimum absolute atomic E-state index is 0.0347. The van der Waals surface area contributed by atoms with E-state index < -0.39 is 5.54 Å². The van der Waals surface area contributed by atoms with Gasteiger partial charge in [0.05, 0.1) is 12.1 Å². The number of hydrogen-bond acceptors (Lipinski definition) is 4. The maximum absolute atomic E-state index is 11.8. The molecule has 0 saturated carbocycles. The van der Waals surface area contributed by atoms with Crippen molar-refractivity contribution in [1.29, 1.82) is 0 Å². The predicted molar refractivity (Wildman–Crippen MR) is 69.3 cm³/mol. The van der Waals surface area contributed by atoms with E-state index in [1.54, 1.807) is 6.07 Å². The fourth-order valence-electron chi connectivity index (χ4n) is 2.05. The summed E-state index contributed by atoms with van der Waals surface area (Å²) in [5.74, 6) is 0.690. The van der Waals surface area contributed by atoms with Crippen molar-refractivity contribution < 1.29 is 4.79 Å². The molecule has 1 aromatic heterocycles. The maximum atomic E-state index is 11.8. The lowest BCUT2D eigenvalue weighted by molar-refractivity contribution is -0.135. The van der Waals surface area contributed by atoms with Crippen molar-refractivity contribution in [2.24, 2.45) is 0 Å². The molecule has 1 aliphatic heterocycles. The summed E-state index contributed by atoms with van der Waals surface area (Å²) in [5.41, 5.74) is 0.293. The van der Waals surface area contributed by atoms with E-state index in [-0.39, 0.29) is 5.91 Å². The van der Waals surface area contributed by atoms with Gasteiger partial charge in [-0.15, -0.1) is 0 Å². The molecule has 2 heterocycles. The zero-order chi connectivity index (χ0) is 13.3. The van der Waals surface area contributed by atoms with Crippen molar-refractivity contribution in [1.82, 2.24) is 20.2 Å². The van der Waals surface area contributed by atoms with E-state index in [9.17, 15) is 4.79 Å². The Hall–Kier alpha value is -1.20. The maximum Gasteiger partial charge on any atom is 0.240 e. The number of rotatable bonds is 2. The van der Waals surface area contributed by atoms with Crippen LogP contribution in [0, 0.1) is 6.92 Å². The van der Waals surface area contributed by atoms with E-state index in [1.807, 2.05) is 20.8 Å². The molecule has 0 radical (unpaired) electrons. The molecule has 1 N–H and O–H groups in total. The Balaban J connectivity index is 2.20. The summed E-state index contributed by atoms with van der Waals surface area (Å²) in [6.07, 6.45) is 0. The van der Waals surface area contributed by atoms with E-state index in [2.05, 4.69) is 20.2 Å². The number of carbonyl (C=O) groups excluding carboxylic acids is 1. The van der Waals surface area contributed by atoms with E-state index in [1.165, 1.54) is 0 Å². The molecule has 0 unspecified atom stereocenters. The molecular weight excluding hydrogens is 252 g/mol.